The van der Waals surface area contributed by atoms with E-state index in [1.165, 1.54) is 32.1 Å². The average molecular weight is 351 g/mol. The fourth-order valence-corrected chi connectivity index (χ4v) is 2.76. The molecule has 3 rings (SSSR count). The molecular formula is C17H15F2NO5. The van der Waals surface area contributed by atoms with Crippen molar-refractivity contribution in [2.75, 3.05) is 5.32 Å². The first-order valence-corrected chi connectivity index (χ1v) is 7.47. The monoisotopic (exact) mass is 351 g/mol. The highest BCUT2D eigenvalue weighted by molar-refractivity contribution is 6.05. The second-order valence-electron chi connectivity index (χ2n) is 6.14. The summed E-state index contributed by atoms with van der Waals surface area (Å²) in [6.45, 7) is 2.85. The van der Waals surface area contributed by atoms with Gasteiger partial charge in [0.15, 0.2) is 5.78 Å². The normalized spacial score (nSPS) is 25.0. The van der Waals surface area contributed by atoms with Gasteiger partial charge in [-0.2, -0.15) is 0 Å². The molecule has 2 atom stereocenters. The number of allylic oxidation sites excluding steroid dienone is 1. The Labute approximate surface area is 141 Å². The molecule has 2 unspecified atom stereocenters. The summed E-state index contributed by atoms with van der Waals surface area (Å²) in [6, 6.07) is 2.07. The molecule has 1 aliphatic heterocycles. The molecule has 25 heavy (non-hydrogen) atoms. The van der Waals surface area contributed by atoms with Crippen molar-refractivity contribution >= 4 is 17.4 Å². The summed E-state index contributed by atoms with van der Waals surface area (Å²) in [5.74, 6) is -6.23. The summed E-state index contributed by atoms with van der Waals surface area (Å²) in [6.07, 6.45) is 2.63. The number of esters is 1. The number of carbonyl (C=O) groups excluding carboxylic acids is 2. The van der Waals surface area contributed by atoms with E-state index in [-0.39, 0.29) is 11.3 Å². The molecule has 1 aromatic carbocycles. The van der Waals surface area contributed by atoms with Gasteiger partial charge in [-0.25, -0.2) is 13.6 Å². The molecule has 8 heteroatoms. The third-order valence-electron chi connectivity index (χ3n) is 3.83. The Morgan fingerprint density at radius 3 is 2.56 bits per heavy atom. The van der Waals surface area contributed by atoms with E-state index >= 15 is 0 Å². The maximum absolute atomic E-state index is 13.8. The predicted molar refractivity (Wildman–Crippen MR) is 82.3 cm³/mol. The van der Waals surface area contributed by atoms with Crippen LogP contribution < -0.4 is 5.32 Å². The van der Waals surface area contributed by atoms with E-state index < -0.39 is 47.1 Å². The van der Waals surface area contributed by atoms with E-state index in [1.54, 1.807) is 0 Å². The van der Waals surface area contributed by atoms with Gasteiger partial charge < -0.3 is 19.9 Å². The van der Waals surface area contributed by atoms with Crippen molar-refractivity contribution in [2.45, 2.75) is 25.7 Å². The van der Waals surface area contributed by atoms with Gasteiger partial charge >= 0.3 is 5.97 Å². The average Bonchev–Trinajstić information content (AvgIpc) is 2.81. The van der Waals surface area contributed by atoms with Crippen molar-refractivity contribution in [3.05, 3.63) is 53.5 Å². The smallest absolute Gasteiger partial charge is 0.345 e. The molecule has 0 radical (unpaired) electrons. The summed E-state index contributed by atoms with van der Waals surface area (Å²) in [4.78, 5) is 24.4. The Hall–Kier alpha value is -2.90. The molecule has 0 fully saturated rings. The third-order valence-corrected chi connectivity index (χ3v) is 3.83. The van der Waals surface area contributed by atoms with Crippen molar-refractivity contribution in [1.82, 2.24) is 0 Å². The summed E-state index contributed by atoms with van der Waals surface area (Å²) in [5, 5.41) is 12.8. The van der Waals surface area contributed by atoms with Gasteiger partial charge in [0.2, 0.25) is 0 Å². The van der Waals surface area contributed by atoms with Crippen molar-refractivity contribution < 1.29 is 33.0 Å². The predicted octanol–water partition coefficient (Wildman–Crippen LogP) is 2.58. The highest BCUT2D eigenvalue weighted by Crippen LogP contribution is 2.35. The lowest BCUT2D eigenvalue weighted by molar-refractivity contribution is -0.223. The van der Waals surface area contributed by atoms with Gasteiger partial charge in [-0.3, -0.25) is 4.79 Å². The van der Waals surface area contributed by atoms with Crippen LogP contribution in [0.4, 0.5) is 14.5 Å². The molecule has 0 saturated carbocycles. The van der Waals surface area contributed by atoms with E-state index in [9.17, 15) is 23.5 Å². The number of carbonyl (C=O) groups is 2. The summed E-state index contributed by atoms with van der Waals surface area (Å²) in [5.41, 5.74) is -0.407. The highest BCUT2D eigenvalue weighted by atomic mass is 19.1. The molecule has 0 spiro atoms. The second kappa shape index (κ2) is 5.87. The van der Waals surface area contributed by atoms with Crippen molar-refractivity contribution in [1.29, 1.82) is 0 Å². The summed E-state index contributed by atoms with van der Waals surface area (Å²) >= 11 is 0. The minimum atomic E-state index is -1.37. The first-order chi connectivity index (χ1) is 11.7. The first-order valence-electron chi connectivity index (χ1n) is 7.47. The number of cyclic esters (lactones) is 1. The number of nitrogens with one attached hydrogen (secondary N) is 1. The van der Waals surface area contributed by atoms with Crippen LogP contribution in [0.15, 0.2) is 41.9 Å². The maximum atomic E-state index is 13.8. The summed E-state index contributed by atoms with van der Waals surface area (Å²) in [7, 11) is 0. The number of rotatable bonds is 3. The molecule has 2 aliphatic rings. The highest BCUT2D eigenvalue weighted by Gasteiger charge is 2.46. The summed E-state index contributed by atoms with van der Waals surface area (Å²) < 4.78 is 37.0. The molecular weight excluding hydrogens is 336 g/mol. The Morgan fingerprint density at radius 1 is 1.20 bits per heavy atom. The Morgan fingerprint density at radius 2 is 1.92 bits per heavy atom. The van der Waals surface area contributed by atoms with Crippen molar-refractivity contribution in [3.8, 4) is 0 Å². The van der Waals surface area contributed by atoms with Crippen LogP contribution in [-0.4, -0.2) is 28.7 Å². The van der Waals surface area contributed by atoms with Crippen LogP contribution >= 0.6 is 0 Å². The van der Waals surface area contributed by atoms with E-state index in [2.05, 4.69) is 5.32 Å². The van der Waals surface area contributed by atoms with Gasteiger partial charge in [0.25, 0.3) is 11.7 Å². The van der Waals surface area contributed by atoms with Gasteiger partial charge in [0.1, 0.15) is 17.2 Å². The number of hydrogen-bond acceptors (Lipinski definition) is 6. The van der Waals surface area contributed by atoms with Crippen LogP contribution in [0.2, 0.25) is 0 Å². The van der Waals surface area contributed by atoms with E-state index in [0.29, 0.717) is 6.07 Å². The minimum Gasteiger partial charge on any atom is -0.480 e. The number of hydrogen-bond donors (Lipinski definition) is 2. The van der Waals surface area contributed by atoms with Crippen LogP contribution in [0.25, 0.3) is 0 Å². The van der Waals surface area contributed by atoms with Crippen molar-refractivity contribution in [2.24, 2.45) is 5.92 Å². The van der Waals surface area contributed by atoms with Gasteiger partial charge in [-0.15, -0.1) is 0 Å². The number of benzene rings is 1. The number of aliphatic hydroxyl groups is 1. The Kier molecular flexibility index (Phi) is 3.98. The molecule has 1 aromatic rings. The van der Waals surface area contributed by atoms with Crippen LogP contribution in [-0.2, 0) is 19.1 Å². The van der Waals surface area contributed by atoms with Gasteiger partial charge in [-0.05, 0) is 18.2 Å². The maximum Gasteiger partial charge on any atom is 0.345 e. The molecule has 0 aromatic heterocycles. The largest absolute Gasteiger partial charge is 0.480 e. The van der Waals surface area contributed by atoms with Crippen LogP contribution in [0.1, 0.15) is 13.8 Å². The lowest BCUT2D eigenvalue weighted by atomic mass is 9.91. The lowest BCUT2D eigenvalue weighted by Crippen LogP contribution is -2.42. The standard InChI is InChI=1S/C17H15F2NO5/c1-17(2)24-15(22)14(16(23)25-17)13-11(5-6-12(13)21)20-10-4-3-8(18)7-9(10)19/h3-7,11,13,20,22H,1-2H3. The first kappa shape index (κ1) is 16.9. The number of aliphatic hydroxyl groups excluding tert-OH is 1. The fourth-order valence-electron chi connectivity index (χ4n) is 2.76. The molecule has 6 nitrogen and oxygen atoms in total. The van der Waals surface area contributed by atoms with Crippen molar-refractivity contribution in [3.63, 3.8) is 0 Å². The number of halogens is 2. The quantitative estimate of drug-likeness (QED) is 0.815. The van der Waals surface area contributed by atoms with Crippen LogP contribution in [0.5, 0.6) is 0 Å². The van der Waals surface area contributed by atoms with E-state index in [4.69, 9.17) is 9.47 Å². The molecule has 1 aliphatic carbocycles. The Balaban J connectivity index is 1.92. The molecule has 2 N–H and O–H groups in total. The topological polar surface area (TPSA) is 84.9 Å². The molecule has 132 valence electrons. The number of ether oxygens (including phenoxy) is 2. The van der Waals surface area contributed by atoms with E-state index in [1.807, 2.05) is 0 Å². The molecule has 0 saturated heterocycles. The zero-order valence-electron chi connectivity index (χ0n) is 13.4. The lowest BCUT2D eigenvalue weighted by Gasteiger charge is -2.33. The van der Waals surface area contributed by atoms with Gasteiger partial charge in [0, 0.05) is 19.9 Å². The zero-order chi connectivity index (χ0) is 18.4. The molecule has 0 bridgehead atoms. The van der Waals surface area contributed by atoms with Gasteiger partial charge in [-0.1, -0.05) is 6.08 Å². The minimum absolute atomic E-state index is 0.0544. The zero-order valence-corrected chi connectivity index (χ0v) is 13.4. The van der Waals surface area contributed by atoms with Crippen LogP contribution in [0, 0.1) is 17.6 Å². The van der Waals surface area contributed by atoms with Crippen LogP contribution in [0.3, 0.4) is 0 Å². The Bertz CT molecular complexity index is 815. The van der Waals surface area contributed by atoms with E-state index in [0.717, 1.165) is 6.07 Å². The fraction of sp³-hybridized carbons (Fsp3) is 0.294. The number of anilines is 1. The van der Waals surface area contributed by atoms with Gasteiger partial charge in [0.05, 0.1) is 17.6 Å². The SMILES string of the molecule is CC1(C)OC(=O)C(C2C(=O)C=CC2Nc2ccc(F)cc2F)=C(O)O1. The third kappa shape index (κ3) is 3.19. The number of ketones is 1. The molecule has 1 heterocycles. The molecule has 0 amide bonds. The second-order valence-corrected chi connectivity index (χ2v) is 6.14.